The third-order valence-electron chi connectivity index (χ3n) is 6.91. The predicted octanol–water partition coefficient (Wildman–Crippen LogP) is -1.05. The average molecular weight is 576 g/mol. The lowest BCUT2D eigenvalue weighted by molar-refractivity contribution is -0.109. The maximum absolute atomic E-state index is 12.3. The molecule has 7 N–H and O–H groups in total. The molecule has 3 aromatic heterocycles. The molecule has 1 aliphatic heterocycles. The molecule has 4 heterocycles. The van der Waals surface area contributed by atoms with Gasteiger partial charge in [0.15, 0.2) is 23.0 Å². The first-order valence-electron chi connectivity index (χ1n) is 11.8. The second-order valence-corrected chi connectivity index (χ2v) is 11.6. The van der Waals surface area contributed by atoms with E-state index in [2.05, 4.69) is 41.0 Å². The molecule has 17 nitrogen and oxygen atoms in total. The first-order valence-corrected chi connectivity index (χ1v) is 13.8. The maximum Gasteiger partial charge on any atom is 0.359 e. The van der Waals surface area contributed by atoms with Gasteiger partial charge < -0.3 is 39.9 Å². The van der Waals surface area contributed by atoms with Crippen LogP contribution in [0.5, 0.6) is 0 Å². The van der Waals surface area contributed by atoms with Crippen molar-refractivity contribution in [3.05, 3.63) is 17.3 Å². The number of tetrazole rings is 1. The molecule has 1 saturated carbocycles. The van der Waals surface area contributed by atoms with E-state index in [0.29, 0.717) is 23.7 Å². The third-order valence-corrected chi connectivity index (χ3v) is 8.56. The van der Waals surface area contributed by atoms with E-state index >= 15 is 0 Å². The molecular formula is C19H27ClN9O8P. The molecule has 0 amide bonds. The number of aliphatic hydroxyl groups is 3. The van der Waals surface area contributed by atoms with Gasteiger partial charge in [-0.05, 0) is 30.4 Å². The zero-order chi connectivity index (χ0) is 27.1. The molecule has 5 rings (SSSR count). The van der Waals surface area contributed by atoms with Crippen LogP contribution in [-0.2, 0) is 20.5 Å². The molecule has 0 spiro atoms. The van der Waals surface area contributed by atoms with Gasteiger partial charge in [0.2, 0.25) is 5.28 Å². The van der Waals surface area contributed by atoms with Gasteiger partial charge in [0.25, 0.3) is 0 Å². The number of fused-ring (bicyclic) bond motifs is 1. The number of hydrogen-bond donors (Lipinski definition) is 7. The highest BCUT2D eigenvalue weighted by Crippen LogP contribution is 2.53. The standard InChI is InChI=1S/C19H27ClN9O8P/c20-18-23-15(21-5-9-2-1-3-9)10-6-22-29(16(10)24-18)17-14(32)13(31)11(37-17)7-36-19(8-30,38(33,34)35)4-12-25-27-28-26-12/h6,9,11,13-14,17,30-32H,1-5,7-8H2,(H,21,23,24)(H2,33,34,35)(H,25,26,27,28)/t11-,13-,14-,17-,19?/m1/s1. The Morgan fingerprint density at radius 3 is 2.71 bits per heavy atom. The van der Waals surface area contributed by atoms with Gasteiger partial charge in [-0.2, -0.15) is 20.3 Å². The van der Waals surface area contributed by atoms with E-state index in [0.717, 1.165) is 12.8 Å². The molecule has 38 heavy (non-hydrogen) atoms. The van der Waals surface area contributed by atoms with Crippen LogP contribution in [0, 0.1) is 5.92 Å². The quantitative estimate of drug-likeness (QED) is 0.106. The fraction of sp³-hybridized carbons (Fsp3) is 0.684. The number of aliphatic hydroxyl groups excluding tert-OH is 3. The number of nitrogens with zero attached hydrogens (tertiary/aromatic N) is 7. The number of anilines is 1. The Morgan fingerprint density at radius 1 is 1.29 bits per heavy atom. The van der Waals surface area contributed by atoms with Crippen LogP contribution in [0.4, 0.5) is 5.82 Å². The highest BCUT2D eigenvalue weighted by molar-refractivity contribution is 7.53. The van der Waals surface area contributed by atoms with Crippen molar-refractivity contribution in [1.82, 2.24) is 40.4 Å². The highest BCUT2D eigenvalue weighted by Gasteiger charge is 2.52. The summed E-state index contributed by atoms with van der Waals surface area (Å²) in [5.74, 6) is 0.903. The van der Waals surface area contributed by atoms with Crippen molar-refractivity contribution >= 4 is 36.0 Å². The summed E-state index contributed by atoms with van der Waals surface area (Å²) in [6.45, 7) is -0.998. The summed E-state index contributed by atoms with van der Waals surface area (Å²) in [4.78, 5) is 28.3. The van der Waals surface area contributed by atoms with E-state index in [1.807, 2.05) is 0 Å². The minimum Gasteiger partial charge on any atom is -0.393 e. The van der Waals surface area contributed by atoms with Crippen molar-refractivity contribution in [3.63, 3.8) is 0 Å². The summed E-state index contributed by atoms with van der Waals surface area (Å²) in [5.41, 5.74) is 0.246. The summed E-state index contributed by atoms with van der Waals surface area (Å²) in [7, 11) is -5.11. The van der Waals surface area contributed by atoms with Crippen LogP contribution >= 0.6 is 19.2 Å². The monoisotopic (exact) mass is 575 g/mol. The largest absolute Gasteiger partial charge is 0.393 e. The lowest BCUT2D eigenvalue weighted by atomic mass is 9.85. The van der Waals surface area contributed by atoms with Crippen molar-refractivity contribution in [2.45, 2.75) is 55.6 Å². The number of hydrogen-bond acceptors (Lipinski definition) is 13. The smallest absolute Gasteiger partial charge is 0.359 e. The van der Waals surface area contributed by atoms with Crippen LogP contribution in [0.3, 0.4) is 0 Å². The van der Waals surface area contributed by atoms with E-state index in [1.54, 1.807) is 0 Å². The van der Waals surface area contributed by atoms with Crippen LogP contribution in [0.2, 0.25) is 5.28 Å². The lowest BCUT2D eigenvalue weighted by Crippen LogP contribution is -2.43. The number of H-pyrrole nitrogens is 1. The molecule has 2 fully saturated rings. The number of ether oxygens (including phenoxy) is 2. The SMILES string of the molecule is O=P(O)(O)C(CO)(Cc1nn[nH]n1)OC[C@H]1O[C@@H](n2ncc3c(NCC4CCC4)nc(Cl)nc32)[C@H](O)[C@@H]1O. The molecular weight excluding hydrogens is 549 g/mol. The van der Waals surface area contributed by atoms with E-state index < -0.39 is 57.1 Å². The Morgan fingerprint density at radius 2 is 2.08 bits per heavy atom. The molecule has 0 radical (unpaired) electrons. The van der Waals surface area contributed by atoms with Gasteiger partial charge in [-0.1, -0.05) is 11.6 Å². The van der Waals surface area contributed by atoms with Gasteiger partial charge in [0.1, 0.15) is 24.1 Å². The minimum absolute atomic E-state index is 0.0564. The summed E-state index contributed by atoms with van der Waals surface area (Å²) in [6, 6.07) is 0. The second-order valence-electron chi connectivity index (χ2n) is 9.36. The topological polar surface area (TPSA) is 247 Å². The molecule has 0 bridgehead atoms. The van der Waals surface area contributed by atoms with Crippen LogP contribution in [-0.4, -0.2) is 109 Å². The average Bonchev–Trinajstić information content (AvgIpc) is 3.56. The van der Waals surface area contributed by atoms with Crippen LogP contribution in [0.1, 0.15) is 31.3 Å². The third kappa shape index (κ3) is 5.13. The molecule has 5 atom stereocenters. The van der Waals surface area contributed by atoms with Crippen LogP contribution in [0.25, 0.3) is 11.0 Å². The van der Waals surface area contributed by atoms with Gasteiger partial charge >= 0.3 is 7.60 Å². The zero-order valence-corrected chi connectivity index (χ0v) is 21.5. The van der Waals surface area contributed by atoms with Crippen molar-refractivity contribution < 1.29 is 39.1 Å². The fourth-order valence-corrected chi connectivity index (χ4v) is 5.34. The summed E-state index contributed by atoms with van der Waals surface area (Å²) < 4.78 is 24.8. The predicted molar refractivity (Wildman–Crippen MR) is 128 cm³/mol. The zero-order valence-electron chi connectivity index (χ0n) is 19.8. The van der Waals surface area contributed by atoms with Gasteiger partial charge in [0.05, 0.1) is 31.2 Å². The van der Waals surface area contributed by atoms with Crippen molar-refractivity contribution in [2.24, 2.45) is 5.92 Å². The molecule has 1 unspecified atom stereocenters. The molecule has 3 aromatic rings. The Kier molecular flexibility index (Phi) is 7.65. The normalized spacial score (nSPS) is 25.9. The Hall–Kier alpha value is -2.34. The summed E-state index contributed by atoms with van der Waals surface area (Å²) in [6.07, 6.45) is -1.19. The van der Waals surface area contributed by atoms with E-state index in [-0.39, 0.29) is 16.8 Å². The number of halogens is 1. The summed E-state index contributed by atoms with van der Waals surface area (Å²) in [5, 5.41) is 49.6. The lowest BCUT2D eigenvalue weighted by Gasteiger charge is -2.32. The Labute approximate surface area is 219 Å². The first kappa shape index (κ1) is 27.2. The van der Waals surface area contributed by atoms with E-state index in [4.69, 9.17) is 21.1 Å². The molecule has 1 saturated heterocycles. The molecule has 0 aromatic carbocycles. The van der Waals surface area contributed by atoms with Crippen LogP contribution < -0.4 is 5.32 Å². The maximum atomic E-state index is 12.3. The fourth-order valence-electron chi connectivity index (χ4n) is 4.40. The van der Waals surface area contributed by atoms with Crippen molar-refractivity contribution in [2.75, 3.05) is 25.1 Å². The Bertz CT molecular complexity index is 1300. The Balaban J connectivity index is 1.34. The van der Waals surface area contributed by atoms with Crippen molar-refractivity contribution in [3.8, 4) is 0 Å². The molecule has 208 valence electrons. The van der Waals surface area contributed by atoms with Gasteiger partial charge in [0, 0.05) is 6.54 Å². The molecule has 2 aliphatic rings. The number of aromatic amines is 1. The number of aromatic nitrogens is 8. The number of rotatable bonds is 11. The van der Waals surface area contributed by atoms with Crippen molar-refractivity contribution in [1.29, 1.82) is 0 Å². The van der Waals surface area contributed by atoms with E-state index in [1.165, 1.54) is 17.3 Å². The van der Waals surface area contributed by atoms with Gasteiger partial charge in [-0.25, -0.2) is 4.68 Å². The van der Waals surface area contributed by atoms with Gasteiger partial charge in [-0.15, -0.1) is 10.2 Å². The molecule has 19 heteroatoms. The molecule has 1 aliphatic carbocycles. The second kappa shape index (κ2) is 10.7. The minimum atomic E-state index is -5.11. The van der Waals surface area contributed by atoms with Gasteiger partial charge in [-0.3, -0.25) is 4.57 Å². The highest BCUT2D eigenvalue weighted by atomic mass is 35.5. The first-order chi connectivity index (χ1) is 18.1. The van der Waals surface area contributed by atoms with E-state index in [9.17, 15) is 29.7 Å². The summed E-state index contributed by atoms with van der Waals surface area (Å²) >= 11 is 6.14. The number of nitrogens with one attached hydrogen (secondary N) is 2. The van der Waals surface area contributed by atoms with Crippen LogP contribution in [0.15, 0.2) is 6.20 Å².